The van der Waals surface area contributed by atoms with Crippen LogP contribution in [0.2, 0.25) is 5.02 Å². The summed E-state index contributed by atoms with van der Waals surface area (Å²) in [6, 6.07) is 3.87. The predicted octanol–water partition coefficient (Wildman–Crippen LogP) is 1.66. The van der Waals surface area contributed by atoms with Crippen LogP contribution in [0, 0.1) is 6.92 Å². The van der Waals surface area contributed by atoms with Gasteiger partial charge in [-0.05, 0) is 43.0 Å². The summed E-state index contributed by atoms with van der Waals surface area (Å²) in [5.41, 5.74) is 1.65. The Bertz CT molecular complexity index is 598. The van der Waals surface area contributed by atoms with Gasteiger partial charge in [0.2, 0.25) is 0 Å². The van der Waals surface area contributed by atoms with Crippen LogP contribution < -0.4 is 10.1 Å². The summed E-state index contributed by atoms with van der Waals surface area (Å²) in [7, 11) is -0.331. The molecule has 112 valence electrons. The molecule has 0 bridgehead atoms. The zero-order valence-electron chi connectivity index (χ0n) is 11.9. The van der Waals surface area contributed by atoms with Crippen molar-refractivity contribution in [1.82, 2.24) is 15.2 Å². The van der Waals surface area contributed by atoms with Gasteiger partial charge in [-0.15, -0.1) is 4.83 Å². The highest BCUT2D eigenvalue weighted by molar-refractivity contribution is 7.89. The third-order valence-electron chi connectivity index (χ3n) is 3.18. The number of benzene rings is 1. The summed E-state index contributed by atoms with van der Waals surface area (Å²) in [6.07, 6.45) is 2.37. The molecule has 0 amide bonds. The topological polar surface area (TPSA) is 61.4 Å². The molecule has 1 aromatic rings. The molecule has 0 radical (unpaired) electrons. The van der Waals surface area contributed by atoms with E-state index in [1.54, 1.807) is 14.1 Å². The molecule has 2 rings (SSSR count). The monoisotopic (exact) mass is 317 g/mol. The van der Waals surface area contributed by atoms with E-state index in [9.17, 15) is 8.42 Å². The molecule has 0 aromatic heterocycles. The zero-order valence-corrected chi connectivity index (χ0v) is 13.5. The molecule has 0 aliphatic heterocycles. The van der Waals surface area contributed by atoms with E-state index < -0.39 is 10.0 Å². The predicted molar refractivity (Wildman–Crippen MR) is 80.1 cm³/mol. The molecule has 1 saturated carbocycles. The van der Waals surface area contributed by atoms with Gasteiger partial charge in [-0.3, -0.25) is 0 Å². The Balaban J connectivity index is 2.32. The number of rotatable bonds is 6. The van der Waals surface area contributed by atoms with Crippen LogP contribution in [0.15, 0.2) is 17.0 Å². The van der Waals surface area contributed by atoms with E-state index in [-0.39, 0.29) is 4.90 Å². The SMILES string of the molecule is Cc1c(CNC2CC2)cc(Cl)cc1S(=O)(=O)NN(C)C. The fourth-order valence-corrected chi connectivity index (χ4v) is 3.70. The van der Waals surface area contributed by atoms with E-state index >= 15 is 0 Å². The second-order valence-corrected chi connectivity index (χ2v) is 7.40. The minimum Gasteiger partial charge on any atom is -0.310 e. The van der Waals surface area contributed by atoms with Gasteiger partial charge in [0.15, 0.2) is 0 Å². The van der Waals surface area contributed by atoms with Gasteiger partial charge in [-0.25, -0.2) is 13.4 Å². The van der Waals surface area contributed by atoms with Crippen molar-refractivity contribution >= 4 is 21.6 Å². The van der Waals surface area contributed by atoms with Gasteiger partial charge < -0.3 is 5.32 Å². The molecule has 1 aromatic carbocycles. The molecule has 0 spiro atoms. The molecule has 0 atom stereocenters. The number of halogens is 1. The second-order valence-electron chi connectivity index (χ2n) is 5.33. The average Bonchev–Trinajstić information content (AvgIpc) is 3.11. The van der Waals surface area contributed by atoms with E-state index in [1.807, 2.05) is 13.0 Å². The van der Waals surface area contributed by atoms with Crippen molar-refractivity contribution in [3.8, 4) is 0 Å². The van der Waals surface area contributed by atoms with Crippen molar-refractivity contribution in [2.45, 2.75) is 37.2 Å². The van der Waals surface area contributed by atoms with E-state index in [2.05, 4.69) is 10.1 Å². The van der Waals surface area contributed by atoms with E-state index in [4.69, 9.17) is 11.6 Å². The number of sulfonamides is 1. The highest BCUT2D eigenvalue weighted by Crippen LogP contribution is 2.26. The minimum absolute atomic E-state index is 0.228. The maximum absolute atomic E-state index is 12.3. The van der Waals surface area contributed by atoms with Crippen molar-refractivity contribution in [1.29, 1.82) is 0 Å². The molecule has 20 heavy (non-hydrogen) atoms. The lowest BCUT2D eigenvalue weighted by Gasteiger charge is -2.17. The molecular formula is C13H20ClN3O2S. The van der Waals surface area contributed by atoms with Crippen LogP contribution in [0.3, 0.4) is 0 Å². The standard InChI is InChI=1S/C13H20ClN3O2S/c1-9-10(8-15-12-4-5-12)6-11(14)7-13(9)20(18,19)16-17(2)3/h6-7,12,15-16H,4-5,8H2,1-3H3. The summed E-state index contributed by atoms with van der Waals surface area (Å²) in [6.45, 7) is 2.45. The smallest absolute Gasteiger partial charge is 0.253 e. The molecule has 1 aliphatic carbocycles. The molecule has 5 nitrogen and oxygen atoms in total. The number of hydrogen-bond donors (Lipinski definition) is 2. The molecule has 1 aliphatic rings. The first-order valence-corrected chi connectivity index (χ1v) is 8.38. The lowest BCUT2D eigenvalue weighted by atomic mass is 10.1. The van der Waals surface area contributed by atoms with Crippen LogP contribution in [0.25, 0.3) is 0 Å². The fraction of sp³-hybridized carbons (Fsp3) is 0.538. The van der Waals surface area contributed by atoms with Gasteiger partial charge >= 0.3 is 0 Å². The van der Waals surface area contributed by atoms with E-state index in [0.717, 1.165) is 11.1 Å². The zero-order chi connectivity index (χ0) is 14.9. The Hall–Kier alpha value is -0.660. The first-order valence-electron chi connectivity index (χ1n) is 6.52. The Morgan fingerprint density at radius 3 is 2.55 bits per heavy atom. The summed E-state index contributed by atoms with van der Waals surface area (Å²) in [5.74, 6) is 0. The van der Waals surface area contributed by atoms with Crippen molar-refractivity contribution in [2.75, 3.05) is 14.1 Å². The summed E-state index contributed by atoms with van der Waals surface area (Å²) in [4.78, 5) is 2.66. The van der Waals surface area contributed by atoms with Crippen LogP contribution in [0.1, 0.15) is 24.0 Å². The van der Waals surface area contributed by atoms with Crippen molar-refractivity contribution in [3.63, 3.8) is 0 Å². The van der Waals surface area contributed by atoms with Gasteiger partial charge in [-0.1, -0.05) is 11.6 Å². The maximum atomic E-state index is 12.3. The van der Waals surface area contributed by atoms with Gasteiger partial charge in [-0.2, -0.15) is 0 Å². The van der Waals surface area contributed by atoms with E-state index in [0.29, 0.717) is 17.6 Å². The largest absolute Gasteiger partial charge is 0.310 e. The second kappa shape index (κ2) is 5.99. The summed E-state index contributed by atoms with van der Waals surface area (Å²) >= 11 is 6.06. The summed E-state index contributed by atoms with van der Waals surface area (Å²) in [5, 5.41) is 5.21. The molecule has 2 N–H and O–H groups in total. The molecule has 0 unspecified atom stereocenters. The third-order valence-corrected chi connectivity index (χ3v) is 5.01. The lowest BCUT2D eigenvalue weighted by molar-refractivity contribution is 0.364. The molecular weight excluding hydrogens is 298 g/mol. The highest BCUT2D eigenvalue weighted by atomic mass is 35.5. The normalized spacial score (nSPS) is 15.8. The quantitative estimate of drug-likeness (QED) is 0.783. The van der Waals surface area contributed by atoms with Gasteiger partial charge in [0.25, 0.3) is 10.0 Å². The number of hydrogen-bond acceptors (Lipinski definition) is 4. The van der Waals surface area contributed by atoms with Gasteiger partial charge in [0.1, 0.15) is 0 Å². The first kappa shape index (κ1) is 15.7. The maximum Gasteiger partial charge on any atom is 0.253 e. The van der Waals surface area contributed by atoms with Crippen LogP contribution in [-0.4, -0.2) is 33.6 Å². The molecule has 0 saturated heterocycles. The Morgan fingerprint density at radius 2 is 2.00 bits per heavy atom. The van der Waals surface area contributed by atoms with Crippen molar-refractivity contribution in [3.05, 3.63) is 28.3 Å². The van der Waals surface area contributed by atoms with Crippen LogP contribution in [0.5, 0.6) is 0 Å². The van der Waals surface area contributed by atoms with Crippen molar-refractivity contribution < 1.29 is 8.42 Å². The number of nitrogens with zero attached hydrogens (tertiary/aromatic N) is 1. The fourth-order valence-electron chi connectivity index (χ4n) is 2.00. The minimum atomic E-state index is -3.59. The first-order chi connectivity index (χ1) is 9.29. The molecule has 7 heteroatoms. The van der Waals surface area contributed by atoms with Gasteiger partial charge in [0, 0.05) is 31.7 Å². The summed E-state index contributed by atoms with van der Waals surface area (Å²) < 4.78 is 24.6. The van der Waals surface area contributed by atoms with Gasteiger partial charge in [0.05, 0.1) is 4.90 Å². The number of nitrogens with one attached hydrogen (secondary N) is 2. The average molecular weight is 318 g/mol. The third kappa shape index (κ3) is 3.93. The molecule has 0 heterocycles. The Kier molecular flexibility index (Phi) is 4.71. The Labute approximate surface area is 125 Å². The van der Waals surface area contributed by atoms with Crippen LogP contribution in [0.4, 0.5) is 0 Å². The van der Waals surface area contributed by atoms with E-state index in [1.165, 1.54) is 23.9 Å². The van der Waals surface area contributed by atoms with Crippen LogP contribution in [-0.2, 0) is 16.6 Å². The van der Waals surface area contributed by atoms with Crippen LogP contribution >= 0.6 is 11.6 Å². The number of hydrazine groups is 1. The van der Waals surface area contributed by atoms with Crippen molar-refractivity contribution in [2.24, 2.45) is 0 Å². The lowest BCUT2D eigenvalue weighted by Crippen LogP contribution is -2.36. The molecule has 1 fully saturated rings. The Morgan fingerprint density at radius 1 is 1.35 bits per heavy atom. The highest BCUT2D eigenvalue weighted by Gasteiger charge is 2.23.